The second-order valence-electron chi connectivity index (χ2n) is 5.59. The molecule has 2 aliphatic heterocycles. The predicted molar refractivity (Wildman–Crippen MR) is 70.6 cm³/mol. The van der Waals surface area contributed by atoms with Gasteiger partial charge in [0, 0.05) is 17.5 Å². The summed E-state index contributed by atoms with van der Waals surface area (Å²) in [5.41, 5.74) is 5.74. The van der Waals surface area contributed by atoms with Crippen LogP contribution >= 0.6 is 11.3 Å². The van der Waals surface area contributed by atoms with Gasteiger partial charge in [-0.1, -0.05) is 11.1 Å². The number of aromatic nitrogens is 1. The molecule has 0 aromatic carbocycles. The summed E-state index contributed by atoms with van der Waals surface area (Å²) < 4.78 is 0. The van der Waals surface area contributed by atoms with Crippen LogP contribution in [0.4, 0.5) is 0 Å². The number of fused-ring (bicyclic) bond motifs is 2. The largest absolute Gasteiger partial charge is 0.331 e. The van der Waals surface area contributed by atoms with Gasteiger partial charge < -0.3 is 4.90 Å². The molecule has 4 rings (SSSR count). The lowest BCUT2D eigenvalue weighted by Crippen LogP contribution is -2.44. The zero-order valence-electron chi connectivity index (χ0n) is 10.3. The van der Waals surface area contributed by atoms with Crippen LogP contribution in [0.2, 0.25) is 0 Å². The predicted octanol–water partition coefficient (Wildman–Crippen LogP) is 3.00. The Morgan fingerprint density at radius 1 is 1.22 bits per heavy atom. The van der Waals surface area contributed by atoms with Crippen molar-refractivity contribution in [1.29, 1.82) is 0 Å². The van der Waals surface area contributed by atoms with Crippen molar-refractivity contribution in [1.82, 2.24) is 9.88 Å². The van der Waals surface area contributed by atoms with Crippen LogP contribution in [0.5, 0.6) is 0 Å². The minimum absolute atomic E-state index is 0.156. The van der Waals surface area contributed by atoms with Gasteiger partial charge in [-0.15, -0.1) is 11.3 Å². The summed E-state index contributed by atoms with van der Waals surface area (Å²) in [6.45, 7) is 0. The molecule has 18 heavy (non-hydrogen) atoms. The molecule has 0 radical (unpaired) electrons. The van der Waals surface area contributed by atoms with E-state index in [1.807, 2.05) is 5.38 Å². The maximum atomic E-state index is 12.5. The van der Waals surface area contributed by atoms with Crippen molar-refractivity contribution in [2.45, 2.75) is 50.6 Å². The minimum atomic E-state index is 0.156. The molecular weight excluding hydrogens is 244 g/mol. The van der Waals surface area contributed by atoms with Crippen molar-refractivity contribution >= 4 is 17.2 Å². The van der Waals surface area contributed by atoms with E-state index in [4.69, 9.17) is 0 Å². The van der Waals surface area contributed by atoms with Gasteiger partial charge in [-0.3, -0.25) is 4.79 Å². The lowest BCUT2D eigenvalue weighted by molar-refractivity contribution is 0.0629. The molecule has 2 saturated heterocycles. The van der Waals surface area contributed by atoms with E-state index >= 15 is 0 Å². The standard InChI is InChI=1S/C14H16N2OS/c17-14(13-7-18-8-15-13)16-11-3-4-12(16)6-10(5-11)9-1-2-9/h7-8,11-12H,1-6H2. The lowest BCUT2D eigenvalue weighted by atomic mass is 9.95. The van der Waals surface area contributed by atoms with E-state index in [1.165, 1.54) is 37.0 Å². The van der Waals surface area contributed by atoms with Crippen LogP contribution in [-0.4, -0.2) is 27.9 Å². The van der Waals surface area contributed by atoms with Crippen LogP contribution in [0.1, 0.15) is 49.0 Å². The lowest BCUT2D eigenvalue weighted by Gasteiger charge is -2.36. The summed E-state index contributed by atoms with van der Waals surface area (Å²) in [6.07, 6.45) is 7.24. The first-order valence-corrected chi connectivity index (χ1v) is 7.68. The Hall–Kier alpha value is -1.16. The second-order valence-corrected chi connectivity index (χ2v) is 6.31. The van der Waals surface area contributed by atoms with E-state index < -0.39 is 0 Å². The van der Waals surface area contributed by atoms with Gasteiger partial charge in [0.2, 0.25) is 0 Å². The second kappa shape index (κ2) is 3.92. The van der Waals surface area contributed by atoms with Crippen molar-refractivity contribution in [3.63, 3.8) is 0 Å². The number of thiazole rings is 1. The zero-order chi connectivity index (χ0) is 12.1. The van der Waals surface area contributed by atoms with Gasteiger partial charge in [-0.25, -0.2) is 4.98 Å². The monoisotopic (exact) mass is 260 g/mol. The molecule has 2 atom stereocenters. The molecule has 0 spiro atoms. The number of amides is 1. The SMILES string of the molecule is O=C(c1cscn1)N1C2CCC1CC(=C1CC1)C2. The molecule has 1 saturated carbocycles. The van der Waals surface area contributed by atoms with Crippen molar-refractivity contribution in [2.75, 3.05) is 0 Å². The van der Waals surface area contributed by atoms with Gasteiger partial charge >= 0.3 is 0 Å². The van der Waals surface area contributed by atoms with E-state index in [0.29, 0.717) is 17.8 Å². The van der Waals surface area contributed by atoms with Gasteiger partial charge in [-0.2, -0.15) is 0 Å². The first-order valence-electron chi connectivity index (χ1n) is 6.73. The number of hydrogen-bond donors (Lipinski definition) is 0. The Bertz CT molecular complexity index is 498. The first kappa shape index (κ1) is 10.7. The molecule has 1 aliphatic carbocycles. The van der Waals surface area contributed by atoms with Crippen molar-refractivity contribution in [3.8, 4) is 0 Å². The molecule has 94 valence electrons. The van der Waals surface area contributed by atoms with Crippen LogP contribution in [0, 0.1) is 0 Å². The van der Waals surface area contributed by atoms with Gasteiger partial charge in [0.1, 0.15) is 5.69 Å². The molecule has 3 fully saturated rings. The topological polar surface area (TPSA) is 33.2 Å². The Morgan fingerprint density at radius 3 is 2.50 bits per heavy atom. The zero-order valence-corrected chi connectivity index (χ0v) is 11.1. The van der Waals surface area contributed by atoms with E-state index in [1.54, 1.807) is 16.7 Å². The van der Waals surface area contributed by atoms with Crippen LogP contribution in [0.25, 0.3) is 0 Å². The Kier molecular flexibility index (Phi) is 2.34. The van der Waals surface area contributed by atoms with Crippen LogP contribution < -0.4 is 0 Å². The molecule has 4 heteroatoms. The number of rotatable bonds is 1. The number of hydrogen-bond acceptors (Lipinski definition) is 3. The highest BCUT2D eigenvalue weighted by molar-refractivity contribution is 7.07. The minimum Gasteiger partial charge on any atom is -0.331 e. The maximum Gasteiger partial charge on any atom is 0.273 e. The average molecular weight is 260 g/mol. The molecule has 1 aromatic rings. The summed E-state index contributed by atoms with van der Waals surface area (Å²) >= 11 is 1.50. The summed E-state index contributed by atoms with van der Waals surface area (Å²) in [6, 6.07) is 0.891. The number of piperidine rings is 1. The Balaban J connectivity index is 1.61. The van der Waals surface area contributed by atoms with Crippen LogP contribution in [0.15, 0.2) is 22.0 Å². The molecule has 3 aliphatic rings. The summed E-state index contributed by atoms with van der Waals surface area (Å²) in [4.78, 5) is 18.8. The van der Waals surface area contributed by atoms with E-state index in [0.717, 1.165) is 12.8 Å². The summed E-state index contributed by atoms with van der Waals surface area (Å²) in [7, 11) is 0. The molecule has 1 amide bonds. The van der Waals surface area contributed by atoms with Gasteiger partial charge in [-0.05, 0) is 38.5 Å². The fourth-order valence-electron chi connectivity index (χ4n) is 3.50. The van der Waals surface area contributed by atoms with E-state index in [9.17, 15) is 4.79 Å². The number of nitrogens with zero attached hydrogens (tertiary/aromatic N) is 2. The van der Waals surface area contributed by atoms with Crippen LogP contribution in [0.3, 0.4) is 0 Å². The van der Waals surface area contributed by atoms with Crippen molar-refractivity contribution in [2.24, 2.45) is 0 Å². The first-order chi connectivity index (χ1) is 8.83. The van der Waals surface area contributed by atoms with E-state index in [-0.39, 0.29) is 5.91 Å². The summed E-state index contributed by atoms with van der Waals surface area (Å²) in [5.74, 6) is 0.156. The molecule has 3 nitrogen and oxygen atoms in total. The quantitative estimate of drug-likeness (QED) is 0.727. The highest BCUT2D eigenvalue weighted by Crippen LogP contribution is 2.44. The molecule has 2 bridgehead atoms. The smallest absolute Gasteiger partial charge is 0.273 e. The number of carbonyl (C=O) groups excluding carboxylic acids is 1. The highest BCUT2D eigenvalue weighted by Gasteiger charge is 2.43. The fourth-order valence-corrected chi connectivity index (χ4v) is 4.03. The Labute approximate surface area is 111 Å². The molecule has 2 unspecified atom stereocenters. The Morgan fingerprint density at radius 2 is 1.94 bits per heavy atom. The highest BCUT2D eigenvalue weighted by atomic mass is 32.1. The normalized spacial score (nSPS) is 29.9. The molecule has 3 heterocycles. The van der Waals surface area contributed by atoms with Crippen LogP contribution in [-0.2, 0) is 0 Å². The van der Waals surface area contributed by atoms with Gasteiger partial charge in [0.15, 0.2) is 0 Å². The molecule has 1 aromatic heterocycles. The van der Waals surface area contributed by atoms with Gasteiger partial charge in [0.05, 0.1) is 5.51 Å². The number of allylic oxidation sites excluding steroid dienone is 1. The summed E-state index contributed by atoms with van der Waals surface area (Å²) in [5, 5.41) is 1.87. The molecular formula is C14H16N2OS. The third kappa shape index (κ3) is 1.62. The van der Waals surface area contributed by atoms with Crippen molar-refractivity contribution < 1.29 is 4.79 Å². The number of carbonyl (C=O) groups is 1. The average Bonchev–Trinajstić information content (AvgIpc) is 3.02. The van der Waals surface area contributed by atoms with Crippen molar-refractivity contribution in [3.05, 3.63) is 27.7 Å². The third-order valence-electron chi connectivity index (χ3n) is 4.47. The maximum absolute atomic E-state index is 12.5. The van der Waals surface area contributed by atoms with E-state index in [2.05, 4.69) is 9.88 Å². The third-order valence-corrected chi connectivity index (χ3v) is 5.06. The fraction of sp³-hybridized carbons (Fsp3) is 0.571. The molecule has 0 N–H and O–H groups in total. The van der Waals surface area contributed by atoms with Gasteiger partial charge in [0.25, 0.3) is 5.91 Å².